The quantitative estimate of drug-likeness (QED) is 0.0314. The number of hydrogen-bond donors (Lipinski definition) is 5. The van der Waals surface area contributed by atoms with Crippen LogP contribution in [0, 0.1) is 0 Å². The summed E-state index contributed by atoms with van der Waals surface area (Å²) in [5.41, 5.74) is 0. The number of aliphatic hydroxyl groups is 4. The van der Waals surface area contributed by atoms with Crippen molar-refractivity contribution in [3.05, 3.63) is 24.3 Å². The Morgan fingerprint density at radius 1 is 0.444 bits per heavy atom. The van der Waals surface area contributed by atoms with Crippen LogP contribution in [-0.2, 0) is 4.79 Å². The lowest BCUT2D eigenvalue weighted by atomic mass is 10.00. The average Bonchev–Trinajstić information content (AvgIpc) is 3.18. The molecule has 0 spiro atoms. The number of nitrogens with one attached hydrogen (secondary N) is 1. The van der Waals surface area contributed by atoms with Gasteiger partial charge in [0.05, 0.1) is 18.8 Å². The molecule has 0 aliphatic rings. The van der Waals surface area contributed by atoms with E-state index in [1.54, 1.807) is 0 Å². The molecule has 0 heterocycles. The monoisotopic (exact) mass is 764 g/mol. The van der Waals surface area contributed by atoms with E-state index < -0.39 is 36.9 Å². The molecule has 0 aromatic carbocycles. The van der Waals surface area contributed by atoms with Crippen LogP contribution in [-0.4, -0.2) is 57.3 Å². The molecule has 5 N–H and O–H groups in total. The van der Waals surface area contributed by atoms with Crippen LogP contribution in [0.4, 0.5) is 0 Å². The number of amides is 1. The summed E-state index contributed by atoms with van der Waals surface area (Å²) in [6.07, 6.45) is 49.4. The van der Waals surface area contributed by atoms with Crippen molar-refractivity contribution in [3.8, 4) is 0 Å². The highest BCUT2D eigenvalue weighted by Crippen LogP contribution is 2.16. The van der Waals surface area contributed by atoms with Crippen LogP contribution in [0.25, 0.3) is 0 Å². The van der Waals surface area contributed by atoms with Gasteiger partial charge in [-0.2, -0.15) is 0 Å². The lowest BCUT2D eigenvalue weighted by Crippen LogP contribution is -2.53. The van der Waals surface area contributed by atoms with E-state index in [1.165, 1.54) is 180 Å². The van der Waals surface area contributed by atoms with E-state index in [-0.39, 0.29) is 0 Å². The molecule has 0 aliphatic heterocycles. The van der Waals surface area contributed by atoms with Gasteiger partial charge in [0.25, 0.3) is 0 Å². The summed E-state index contributed by atoms with van der Waals surface area (Å²) in [6, 6.07) is -1.00. The minimum atomic E-state index is -1.28. The predicted octanol–water partition coefficient (Wildman–Crippen LogP) is 12.7. The zero-order valence-electron chi connectivity index (χ0n) is 36.0. The Labute approximate surface area is 335 Å². The van der Waals surface area contributed by atoms with E-state index in [9.17, 15) is 25.2 Å². The molecule has 0 rings (SSSR count). The Balaban J connectivity index is 3.70. The Morgan fingerprint density at radius 2 is 0.759 bits per heavy atom. The molecule has 0 aromatic rings. The number of carbonyl (C=O) groups excluding carboxylic acids is 1. The van der Waals surface area contributed by atoms with Gasteiger partial charge in [-0.3, -0.25) is 4.79 Å². The third kappa shape index (κ3) is 36.4. The van der Waals surface area contributed by atoms with Crippen LogP contribution < -0.4 is 5.32 Å². The molecule has 0 fully saturated rings. The SMILES string of the molecule is CCCCCCCCCCC/C=C/CCCC(O)C(O)C(CO)NC(=O)C(O)CCCCCCCCCC/C=C\CCCCCCCCCCCCCC. The van der Waals surface area contributed by atoms with Crippen molar-refractivity contribution in [3.63, 3.8) is 0 Å². The summed E-state index contributed by atoms with van der Waals surface area (Å²) in [5.74, 6) is -0.595. The molecule has 0 aromatic heterocycles. The second-order valence-electron chi connectivity index (χ2n) is 16.4. The van der Waals surface area contributed by atoms with E-state index in [0.717, 1.165) is 38.5 Å². The topological polar surface area (TPSA) is 110 Å². The molecule has 0 bridgehead atoms. The number of hydrogen-bond acceptors (Lipinski definition) is 5. The molecular weight excluding hydrogens is 671 g/mol. The van der Waals surface area contributed by atoms with Gasteiger partial charge in [0, 0.05) is 0 Å². The Hall–Kier alpha value is -1.21. The van der Waals surface area contributed by atoms with Gasteiger partial charge >= 0.3 is 0 Å². The first-order chi connectivity index (χ1) is 26.5. The molecule has 6 heteroatoms. The lowest BCUT2D eigenvalue weighted by Gasteiger charge is -2.27. The Morgan fingerprint density at radius 3 is 1.11 bits per heavy atom. The minimum absolute atomic E-state index is 0.361. The summed E-state index contributed by atoms with van der Waals surface area (Å²) in [5, 5.41) is 43.7. The van der Waals surface area contributed by atoms with Gasteiger partial charge in [0.15, 0.2) is 0 Å². The molecule has 4 atom stereocenters. The molecule has 0 radical (unpaired) electrons. The molecule has 4 unspecified atom stereocenters. The number of carbonyl (C=O) groups is 1. The second-order valence-corrected chi connectivity index (χ2v) is 16.4. The summed E-state index contributed by atoms with van der Waals surface area (Å²) < 4.78 is 0. The average molecular weight is 764 g/mol. The van der Waals surface area contributed by atoms with E-state index in [4.69, 9.17) is 0 Å². The summed E-state index contributed by atoms with van der Waals surface area (Å²) in [4.78, 5) is 12.5. The van der Waals surface area contributed by atoms with Crippen molar-refractivity contribution in [2.75, 3.05) is 6.61 Å². The Bertz CT molecular complexity index is 817. The molecular formula is C48H93NO5. The van der Waals surface area contributed by atoms with Crippen molar-refractivity contribution in [1.82, 2.24) is 5.32 Å². The van der Waals surface area contributed by atoms with E-state index >= 15 is 0 Å². The van der Waals surface area contributed by atoms with Crippen molar-refractivity contribution in [2.45, 2.75) is 269 Å². The largest absolute Gasteiger partial charge is 0.394 e. The maximum absolute atomic E-state index is 12.5. The van der Waals surface area contributed by atoms with Crippen molar-refractivity contribution >= 4 is 5.91 Å². The third-order valence-corrected chi connectivity index (χ3v) is 11.1. The van der Waals surface area contributed by atoms with Gasteiger partial charge in [-0.15, -0.1) is 0 Å². The maximum Gasteiger partial charge on any atom is 0.249 e. The number of allylic oxidation sites excluding steroid dienone is 4. The normalized spacial score (nSPS) is 14.3. The maximum atomic E-state index is 12.5. The highest BCUT2D eigenvalue weighted by Gasteiger charge is 2.28. The van der Waals surface area contributed by atoms with Crippen LogP contribution in [0.1, 0.15) is 245 Å². The first kappa shape index (κ1) is 52.8. The summed E-state index contributed by atoms with van der Waals surface area (Å²) in [7, 11) is 0. The summed E-state index contributed by atoms with van der Waals surface area (Å²) >= 11 is 0. The molecule has 0 aliphatic carbocycles. The van der Waals surface area contributed by atoms with Gasteiger partial charge in [0.1, 0.15) is 12.2 Å². The Kier molecular flexibility index (Phi) is 42.0. The molecule has 6 nitrogen and oxygen atoms in total. The zero-order chi connectivity index (χ0) is 39.6. The highest BCUT2D eigenvalue weighted by atomic mass is 16.3. The van der Waals surface area contributed by atoms with Crippen molar-refractivity contribution < 1.29 is 25.2 Å². The third-order valence-electron chi connectivity index (χ3n) is 11.1. The molecule has 0 saturated heterocycles. The molecule has 1 amide bonds. The van der Waals surface area contributed by atoms with Gasteiger partial charge in [-0.05, 0) is 64.2 Å². The van der Waals surface area contributed by atoms with Crippen LogP contribution >= 0.6 is 0 Å². The van der Waals surface area contributed by atoms with Crippen LogP contribution in [0.2, 0.25) is 0 Å². The fraction of sp³-hybridized carbons (Fsp3) is 0.896. The fourth-order valence-electron chi connectivity index (χ4n) is 7.34. The highest BCUT2D eigenvalue weighted by molar-refractivity contribution is 5.80. The lowest BCUT2D eigenvalue weighted by molar-refractivity contribution is -0.132. The van der Waals surface area contributed by atoms with Crippen molar-refractivity contribution in [2.24, 2.45) is 0 Å². The van der Waals surface area contributed by atoms with E-state index in [1.807, 2.05) is 0 Å². The number of aliphatic hydroxyl groups excluding tert-OH is 4. The molecule has 54 heavy (non-hydrogen) atoms. The van der Waals surface area contributed by atoms with Crippen molar-refractivity contribution in [1.29, 1.82) is 0 Å². The molecule has 0 saturated carbocycles. The van der Waals surface area contributed by atoms with Gasteiger partial charge in [-0.25, -0.2) is 0 Å². The first-order valence-electron chi connectivity index (χ1n) is 23.7. The second kappa shape index (κ2) is 42.9. The standard InChI is InChI=1S/C48H93NO5/c1-3-5-7-9-11-13-15-17-19-20-21-22-23-24-25-26-27-28-30-32-34-36-38-40-42-46(52)48(54)49-44(43-50)47(53)45(51)41-39-37-35-33-31-29-18-16-14-12-10-8-6-4-2/h24-25,33,35,44-47,50-53H,3-23,26-32,34,36-43H2,1-2H3,(H,49,54)/b25-24-,35-33+. The summed E-state index contributed by atoms with van der Waals surface area (Å²) in [6.45, 7) is 4.04. The predicted molar refractivity (Wildman–Crippen MR) is 233 cm³/mol. The van der Waals surface area contributed by atoms with Gasteiger partial charge < -0.3 is 25.7 Å². The van der Waals surface area contributed by atoms with Gasteiger partial charge in [0.2, 0.25) is 5.91 Å². The molecule has 320 valence electrons. The number of rotatable bonds is 43. The fourth-order valence-corrected chi connectivity index (χ4v) is 7.34. The van der Waals surface area contributed by atoms with Crippen LogP contribution in [0.15, 0.2) is 24.3 Å². The first-order valence-corrected chi connectivity index (χ1v) is 23.7. The number of unbranched alkanes of at least 4 members (excludes halogenated alkanes) is 30. The van der Waals surface area contributed by atoms with Gasteiger partial charge in [-0.1, -0.05) is 205 Å². The zero-order valence-corrected chi connectivity index (χ0v) is 36.0. The van der Waals surface area contributed by atoms with E-state index in [2.05, 4.69) is 43.5 Å². The smallest absolute Gasteiger partial charge is 0.249 e. The van der Waals surface area contributed by atoms with E-state index in [0.29, 0.717) is 12.8 Å². The van der Waals surface area contributed by atoms with Crippen LogP contribution in [0.5, 0.6) is 0 Å². The minimum Gasteiger partial charge on any atom is -0.394 e. The van der Waals surface area contributed by atoms with Crippen LogP contribution in [0.3, 0.4) is 0 Å².